The zero-order valence-electron chi connectivity index (χ0n) is 18.0. The Morgan fingerprint density at radius 2 is 1.76 bits per heavy atom. The molecule has 1 saturated heterocycles. The summed E-state index contributed by atoms with van der Waals surface area (Å²) in [5.41, 5.74) is 7.79. The molecule has 0 bridgehead atoms. The Morgan fingerprint density at radius 3 is 2.52 bits per heavy atom. The van der Waals surface area contributed by atoms with Crippen LogP contribution in [-0.4, -0.2) is 34.9 Å². The van der Waals surface area contributed by atoms with E-state index in [0.29, 0.717) is 22.8 Å². The number of primary amides is 1. The standard InChI is InChI=1S/C24H25FN6O2/c25-17-6-3-5-16(13-17)15-27-23-20(22(26)32)9-10-21(30-23)28-18-7-4-8-19(14-18)29-24(33)31-11-1-2-12-31/h3-10,13-14H,1-2,11-12,15H2,(H2,26,32)(H,29,33)(H2,27,28,30). The third-order valence-electron chi connectivity index (χ3n) is 5.29. The number of hydrogen-bond acceptors (Lipinski definition) is 5. The van der Waals surface area contributed by atoms with Crippen molar-refractivity contribution in [2.24, 2.45) is 5.73 Å². The molecule has 0 radical (unpaired) electrons. The number of benzene rings is 2. The predicted molar refractivity (Wildman–Crippen MR) is 126 cm³/mol. The number of carbonyl (C=O) groups is 2. The number of rotatable bonds is 7. The number of nitrogens with two attached hydrogens (primary N) is 1. The molecular weight excluding hydrogens is 423 g/mol. The number of pyridine rings is 1. The van der Waals surface area contributed by atoms with Crippen molar-refractivity contribution in [1.82, 2.24) is 9.88 Å². The van der Waals surface area contributed by atoms with Gasteiger partial charge in [-0.05, 0) is 60.9 Å². The van der Waals surface area contributed by atoms with Crippen LogP contribution in [0, 0.1) is 5.82 Å². The summed E-state index contributed by atoms with van der Waals surface area (Å²) >= 11 is 0. The van der Waals surface area contributed by atoms with Crippen molar-refractivity contribution in [1.29, 1.82) is 0 Å². The first-order chi connectivity index (χ1) is 16.0. The second kappa shape index (κ2) is 9.99. The van der Waals surface area contributed by atoms with Crippen molar-refractivity contribution in [2.75, 3.05) is 29.0 Å². The lowest BCUT2D eigenvalue weighted by Gasteiger charge is -2.17. The number of halogens is 1. The highest BCUT2D eigenvalue weighted by Gasteiger charge is 2.18. The predicted octanol–water partition coefficient (Wildman–Crippen LogP) is 4.30. The van der Waals surface area contributed by atoms with Crippen LogP contribution in [0.2, 0.25) is 0 Å². The van der Waals surface area contributed by atoms with Crippen LogP contribution >= 0.6 is 0 Å². The highest BCUT2D eigenvalue weighted by molar-refractivity contribution is 5.98. The third-order valence-corrected chi connectivity index (χ3v) is 5.29. The maximum Gasteiger partial charge on any atom is 0.321 e. The van der Waals surface area contributed by atoms with Crippen LogP contribution in [0.5, 0.6) is 0 Å². The number of urea groups is 1. The van der Waals surface area contributed by atoms with Gasteiger partial charge in [-0.1, -0.05) is 18.2 Å². The van der Waals surface area contributed by atoms with Crippen molar-refractivity contribution >= 4 is 34.9 Å². The van der Waals surface area contributed by atoms with E-state index < -0.39 is 5.91 Å². The lowest BCUT2D eigenvalue weighted by molar-refractivity contribution is 0.100. The summed E-state index contributed by atoms with van der Waals surface area (Å²) in [7, 11) is 0. The van der Waals surface area contributed by atoms with Gasteiger partial charge >= 0.3 is 6.03 Å². The minimum absolute atomic E-state index is 0.113. The largest absolute Gasteiger partial charge is 0.365 e. The molecule has 1 aromatic heterocycles. The van der Waals surface area contributed by atoms with Gasteiger partial charge in [0.1, 0.15) is 17.5 Å². The SMILES string of the molecule is NC(=O)c1ccc(Nc2cccc(NC(=O)N3CCCC3)c2)nc1NCc1cccc(F)c1. The number of hydrogen-bond donors (Lipinski definition) is 4. The Balaban J connectivity index is 1.48. The molecule has 170 valence electrons. The highest BCUT2D eigenvalue weighted by atomic mass is 19.1. The summed E-state index contributed by atoms with van der Waals surface area (Å²) < 4.78 is 13.4. The number of aromatic nitrogens is 1. The normalized spacial score (nSPS) is 12.9. The van der Waals surface area contributed by atoms with E-state index in [1.165, 1.54) is 12.1 Å². The molecule has 5 N–H and O–H groups in total. The maximum absolute atomic E-state index is 13.4. The van der Waals surface area contributed by atoms with Gasteiger partial charge in [0.25, 0.3) is 5.91 Å². The number of nitrogens with zero attached hydrogens (tertiary/aromatic N) is 2. The molecule has 0 unspecified atom stereocenters. The first-order valence-corrected chi connectivity index (χ1v) is 10.7. The molecule has 1 fully saturated rings. The highest BCUT2D eigenvalue weighted by Crippen LogP contribution is 2.23. The number of likely N-dealkylation sites (tertiary alicyclic amines) is 1. The van der Waals surface area contributed by atoms with Gasteiger partial charge in [-0.3, -0.25) is 4.79 Å². The molecule has 1 aliphatic rings. The Bertz CT molecular complexity index is 1160. The number of amides is 3. The zero-order valence-corrected chi connectivity index (χ0v) is 18.0. The van der Waals surface area contributed by atoms with Gasteiger partial charge in [0.05, 0.1) is 5.56 Å². The average Bonchev–Trinajstić information content (AvgIpc) is 3.33. The molecule has 3 aromatic rings. The van der Waals surface area contributed by atoms with Gasteiger partial charge in [0.2, 0.25) is 0 Å². The van der Waals surface area contributed by atoms with E-state index in [2.05, 4.69) is 20.9 Å². The molecule has 2 heterocycles. The van der Waals surface area contributed by atoms with Crippen molar-refractivity contribution < 1.29 is 14.0 Å². The zero-order chi connectivity index (χ0) is 23.2. The molecule has 9 heteroatoms. The lowest BCUT2D eigenvalue weighted by Crippen LogP contribution is -2.32. The lowest BCUT2D eigenvalue weighted by atomic mass is 10.2. The maximum atomic E-state index is 13.4. The van der Waals surface area contributed by atoms with Crippen LogP contribution in [0.15, 0.2) is 60.7 Å². The smallest absolute Gasteiger partial charge is 0.321 e. The summed E-state index contributed by atoms with van der Waals surface area (Å²) in [6.45, 7) is 1.81. The number of anilines is 4. The van der Waals surface area contributed by atoms with Crippen LogP contribution < -0.4 is 21.7 Å². The van der Waals surface area contributed by atoms with Crippen molar-refractivity contribution in [2.45, 2.75) is 19.4 Å². The Kier molecular flexibility index (Phi) is 6.68. The molecule has 0 spiro atoms. The van der Waals surface area contributed by atoms with E-state index in [0.717, 1.165) is 25.9 Å². The van der Waals surface area contributed by atoms with Crippen LogP contribution in [0.1, 0.15) is 28.8 Å². The summed E-state index contributed by atoms with van der Waals surface area (Å²) in [4.78, 5) is 30.4. The van der Waals surface area contributed by atoms with Gasteiger partial charge < -0.3 is 26.6 Å². The van der Waals surface area contributed by atoms with E-state index in [9.17, 15) is 14.0 Å². The molecule has 0 saturated carbocycles. The van der Waals surface area contributed by atoms with E-state index >= 15 is 0 Å². The van der Waals surface area contributed by atoms with E-state index in [4.69, 9.17) is 5.73 Å². The molecule has 0 aliphatic carbocycles. The van der Waals surface area contributed by atoms with Gasteiger partial charge in [0.15, 0.2) is 0 Å². The second-order valence-corrected chi connectivity index (χ2v) is 7.77. The van der Waals surface area contributed by atoms with E-state index in [-0.39, 0.29) is 29.8 Å². The minimum atomic E-state index is -0.623. The molecule has 3 amide bonds. The fourth-order valence-corrected chi connectivity index (χ4v) is 3.64. The number of nitrogens with one attached hydrogen (secondary N) is 3. The summed E-state index contributed by atoms with van der Waals surface area (Å²) in [5.74, 6) is -0.202. The molecule has 33 heavy (non-hydrogen) atoms. The minimum Gasteiger partial charge on any atom is -0.365 e. The quantitative estimate of drug-likeness (QED) is 0.430. The van der Waals surface area contributed by atoms with Gasteiger partial charge in [-0.15, -0.1) is 0 Å². The van der Waals surface area contributed by atoms with Crippen molar-refractivity contribution in [3.63, 3.8) is 0 Å². The average molecular weight is 449 g/mol. The number of carbonyl (C=O) groups excluding carboxylic acids is 2. The Hall–Kier alpha value is -4.14. The summed E-state index contributed by atoms with van der Waals surface area (Å²) in [6, 6.07) is 16.5. The first kappa shape index (κ1) is 22.1. The molecule has 0 atom stereocenters. The summed E-state index contributed by atoms with van der Waals surface area (Å²) in [5, 5.41) is 9.14. The topological polar surface area (TPSA) is 112 Å². The van der Waals surface area contributed by atoms with Crippen LogP contribution in [0.3, 0.4) is 0 Å². The fourth-order valence-electron chi connectivity index (χ4n) is 3.64. The van der Waals surface area contributed by atoms with Crippen LogP contribution in [-0.2, 0) is 6.54 Å². The first-order valence-electron chi connectivity index (χ1n) is 10.7. The van der Waals surface area contributed by atoms with E-state index in [1.807, 2.05) is 18.2 Å². The molecule has 2 aromatic carbocycles. The Morgan fingerprint density at radius 1 is 1.00 bits per heavy atom. The summed E-state index contributed by atoms with van der Waals surface area (Å²) in [6.07, 6.45) is 2.05. The van der Waals surface area contributed by atoms with Gasteiger partial charge in [-0.25, -0.2) is 14.2 Å². The Labute approximate surface area is 191 Å². The second-order valence-electron chi connectivity index (χ2n) is 7.77. The fraction of sp³-hybridized carbons (Fsp3) is 0.208. The molecule has 8 nitrogen and oxygen atoms in total. The van der Waals surface area contributed by atoms with Crippen molar-refractivity contribution in [3.8, 4) is 0 Å². The van der Waals surface area contributed by atoms with E-state index in [1.54, 1.807) is 35.2 Å². The van der Waals surface area contributed by atoms with Crippen molar-refractivity contribution in [3.05, 3.63) is 77.6 Å². The molecule has 4 rings (SSSR count). The molecular formula is C24H25FN6O2. The van der Waals surface area contributed by atoms with Crippen LogP contribution in [0.25, 0.3) is 0 Å². The molecule has 1 aliphatic heterocycles. The monoisotopic (exact) mass is 448 g/mol. The van der Waals surface area contributed by atoms with Gasteiger partial charge in [0, 0.05) is 31.0 Å². The van der Waals surface area contributed by atoms with Crippen LogP contribution in [0.4, 0.5) is 32.2 Å². The third kappa shape index (κ3) is 5.76. The van der Waals surface area contributed by atoms with Gasteiger partial charge in [-0.2, -0.15) is 0 Å².